The van der Waals surface area contributed by atoms with Crippen LogP contribution in [0.5, 0.6) is 0 Å². The Kier molecular flexibility index (Phi) is 6.77. The fourth-order valence-corrected chi connectivity index (χ4v) is 12.0. The molecule has 0 radical (unpaired) electrons. The Morgan fingerprint density at radius 1 is 0.406 bits per heavy atom. The molecule has 296 valence electrons. The molecule has 6 heteroatoms. The van der Waals surface area contributed by atoms with Gasteiger partial charge in [0.25, 0.3) is 0 Å². The van der Waals surface area contributed by atoms with Gasteiger partial charge in [0.1, 0.15) is 5.58 Å². The van der Waals surface area contributed by atoms with E-state index in [0.717, 1.165) is 50.0 Å². The van der Waals surface area contributed by atoms with Crippen LogP contribution in [0.25, 0.3) is 141 Å². The average Bonchev–Trinajstić information content (AvgIpc) is 4.12. The van der Waals surface area contributed by atoms with E-state index in [4.69, 9.17) is 14.4 Å². The summed E-state index contributed by atoms with van der Waals surface area (Å²) in [6.45, 7) is 0. The third-order valence-corrected chi connectivity index (χ3v) is 14.6. The maximum Gasteiger partial charge on any atom is 0.233 e. The molecule has 0 aliphatic heterocycles. The van der Waals surface area contributed by atoms with Gasteiger partial charge in [-0.05, 0) is 87.3 Å². The highest BCUT2D eigenvalue weighted by molar-refractivity contribution is 7.27. The van der Waals surface area contributed by atoms with Crippen LogP contribution in [-0.2, 0) is 0 Å². The summed E-state index contributed by atoms with van der Waals surface area (Å²) >= 11 is 1.86. The van der Waals surface area contributed by atoms with E-state index in [1.165, 1.54) is 79.9 Å². The second-order valence-corrected chi connectivity index (χ2v) is 17.9. The quantitative estimate of drug-likeness (QED) is 0.166. The van der Waals surface area contributed by atoms with Crippen molar-refractivity contribution in [2.24, 2.45) is 0 Å². The van der Waals surface area contributed by atoms with Crippen molar-refractivity contribution in [3.8, 4) is 34.0 Å². The molecular formula is C58H32N4OS. The van der Waals surface area contributed by atoms with Gasteiger partial charge in [0.05, 0.1) is 32.2 Å². The molecule has 5 heterocycles. The molecule has 15 rings (SSSR count). The van der Waals surface area contributed by atoms with E-state index in [2.05, 4.69) is 173 Å². The molecule has 0 aliphatic rings. The van der Waals surface area contributed by atoms with Crippen molar-refractivity contribution in [3.63, 3.8) is 0 Å². The molecule has 0 unspecified atom stereocenters. The Balaban J connectivity index is 1.11. The molecule has 64 heavy (non-hydrogen) atoms. The minimum Gasteiger partial charge on any atom is -0.437 e. The first-order valence-corrected chi connectivity index (χ1v) is 22.5. The van der Waals surface area contributed by atoms with Crippen LogP contribution in [0.1, 0.15) is 0 Å². The largest absolute Gasteiger partial charge is 0.437 e. The SMILES string of the molecule is c1ccc(-c2nc(-n3c4ccc(-c5cc6ccc7cccc8c7c6c(c5)n8-c5ccccc5)cc4c4c5ccccc5c5c6ccccc6sc5c43)c3c(n2)oc2ccccc23)cc1. The summed E-state index contributed by atoms with van der Waals surface area (Å²) in [5, 5.41) is 14.3. The lowest BCUT2D eigenvalue weighted by Gasteiger charge is -2.12. The highest BCUT2D eigenvalue weighted by Gasteiger charge is 2.27. The van der Waals surface area contributed by atoms with Crippen LogP contribution in [-0.4, -0.2) is 19.1 Å². The summed E-state index contributed by atoms with van der Waals surface area (Å²) in [4.78, 5) is 10.7. The number of aromatic nitrogens is 4. The maximum atomic E-state index is 6.62. The molecule has 5 nitrogen and oxygen atoms in total. The fourth-order valence-electron chi connectivity index (χ4n) is 10.8. The van der Waals surface area contributed by atoms with Crippen LogP contribution in [0.4, 0.5) is 0 Å². The Labute approximate surface area is 368 Å². The molecule has 0 atom stereocenters. The zero-order chi connectivity index (χ0) is 41.6. The number of rotatable bonds is 4. The number of hydrogen-bond donors (Lipinski definition) is 0. The van der Waals surface area contributed by atoms with Gasteiger partial charge >= 0.3 is 0 Å². The molecule has 0 amide bonds. The molecular weight excluding hydrogens is 801 g/mol. The number of fused-ring (bicyclic) bond motifs is 13. The Morgan fingerprint density at radius 3 is 1.98 bits per heavy atom. The normalized spacial score (nSPS) is 12.4. The molecule has 0 spiro atoms. The number of para-hydroxylation sites is 2. The van der Waals surface area contributed by atoms with Gasteiger partial charge in [-0.2, -0.15) is 4.98 Å². The van der Waals surface area contributed by atoms with Crippen molar-refractivity contribution in [3.05, 3.63) is 194 Å². The Hall–Kier alpha value is -8.32. The van der Waals surface area contributed by atoms with E-state index in [0.29, 0.717) is 11.5 Å². The molecule has 0 saturated heterocycles. The number of thiophene rings is 1. The maximum absolute atomic E-state index is 6.62. The predicted octanol–water partition coefficient (Wildman–Crippen LogP) is 16.0. The van der Waals surface area contributed by atoms with Crippen molar-refractivity contribution in [2.45, 2.75) is 0 Å². The van der Waals surface area contributed by atoms with Crippen LogP contribution in [0.15, 0.2) is 199 Å². The van der Waals surface area contributed by atoms with Crippen molar-refractivity contribution in [1.82, 2.24) is 19.1 Å². The summed E-state index contributed by atoms with van der Waals surface area (Å²) < 4.78 is 14.0. The minimum atomic E-state index is 0.567. The zero-order valence-corrected chi connectivity index (χ0v) is 34.9. The van der Waals surface area contributed by atoms with Crippen LogP contribution in [0, 0.1) is 0 Å². The van der Waals surface area contributed by atoms with Crippen LogP contribution in [0.2, 0.25) is 0 Å². The van der Waals surface area contributed by atoms with E-state index in [1.807, 2.05) is 41.7 Å². The lowest BCUT2D eigenvalue weighted by molar-refractivity contribution is 0.653. The summed E-state index contributed by atoms with van der Waals surface area (Å²) in [7, 11) is 0. The highest BCUT2D eigenvalue weighted by Crippen LogP contribution is 2.50. The third-order valence-electron chi connectivity index (χ3n) is 13.5. The van der Waals surface area contributed by atoms with Gasteiger partial charge in [0, 0.05) is 53.7 Å². The number of hydrogen-bond acceptors (Lipinski definition) is 4. The molecule has 0 bridgehead atoms. The highest BCUT2D eigenvalue weighted by atomic mass is 32.1. The monoisotopic (exact) mass is 832 g/mol. The van der Waals surface area contributed by atoms with Gasteiger partial charge in [0.15, 0.2) is 11.6 Å². The molecule has 0 N–H and O–H groups in total. The van der Waals surface area contributed by atoms with Crippen LogP contribution < -0.4 is 0 Å². The first-order chi connectivity index (χ1) is 31.7. The van der Waals surface area contributed by atoms with E-state index >= 15 is 0 Å². The topological polar surface area (TPSA) is 48.8 Å². The molecule has 10 aromatic carbocycles. The summed E-state index contributed by atoms with van der Waals surface area (Å²) in [5.41, 5.74) is 10.4. The van der Waals surface area contributed by atoms with Crippen LogP contribution in [0.3, 0.4) is 0 Å². The second kappa shape index (κ2) is 12.6. The summed E-state index contributed by atoms with van der Waals surface area (Å²) in [6, 6.07) is 70.0. The van der Waals surface area contributed by atoms with E-state index in [1.54, 1.807) is 0 Å². The Morgan fingerprint density at radius 2 is 1.12 bits per heavy atom. The number of benzene rings is 10. The average molecular weight is 833 g/mol. The van der Waals surface area contributed by atoms with Crippen molar-refractivity contribution >= 4 is 119 Å². The van der Waals surface area contributed by atoms with Gasteiger partial charge in [0.2, 0.25) is 5.71 Å². The zero-order valence-electron chi connectivity index (χ0n) is 34.1. The molecule has 0 aliphatic carbocycles. The van der Waals surface area contributed by atoms with Gasteiger partial charge in [-0.3, -0.25) is 4.57 Å². The molecule has 0 saturated carbocycles. The first-order valence-electron chi connectivity index (χ1n) is 21.7. The minimum absolute atomic E-state index is 0.567. The molecule has 15 aromatic rings. The second-order valence-electron chi connectivity index (χ2n) is 16.9. The summed E-state index contributed by atoms with van der Waals surface area (Å²) in [6.07, 6.45) is 0. The summed E-state index contributed by atoms with van der Waals surface area (Å²) in [5.74, 6) is 1.42. The first kappa shape index (κ1) is 34.3. The fraction of sp³-hybridized carbons (Fsp3) is 0. The third kappa shape index (κ3) is 4.56. The van der Waals surface area contributed by atoms with Gasteiger partial charge in [-0.25, -0.2) is 4.98 Å². The van der Waals surface area contributed by atoms with Crippen LogP contribution >= 0.6 is 11.3 Å². The van der Waals surface area contributed by atoms with Gasteiger partial charge in [-0.15, -0.1) is 11.3 Å². The smallest absolute Gasteiger partial charge is 0.233 e. The lowest BCUT2D eigenvalue weighted by Crippen LogP contribution is -2.02. The van der Waals surface area contributed by atoms with E-state index in [-0.39, 0.29) is 0 Å². The van der Waals surface area contributed by atoms with Crippen molar-refractivity contribution in [1.29, 1.82) is 0 Å². The van der Waals surface area contributed by atoms with Gasteiger partial charge in [-0.1, -0.05) is 140 Å². The predicted molar refractivity (Wildman–Crippen MR) is 268 cm³/mol. The Bertz CT molecular complexity index is 4420. The molecule has 0 fully saturated rings. The lowest BCUT2D eigenvalue weighted by atomic mass is 9.95. The number of furan rings is 1. The van der Waals surface area contributed by atoms with E-state index < -0.39 is 0 Å². The molecule has 5 aromatic heterocycles. The number of nitrogens with zero attached hydrogens (tertiary/aromatic N) is 4. The standard InChI is InChI=1S/C58H32N4OS/c1-3-14-34(15-4-1)56-59-57(53-41-21-9-11-24-47(41)63-58(53)60-56)62-44-29-28-35(31-43(44)51-39-19-7-8-20-40(39)52-42-22-10-12-25-48(42)64-55(52)54(51)62)37-30-36-27-26-33-16-13-23-45-49(33)50(36)46(32-37)61(45)38-17-5-2-6-18-38/h1-32H. The van der Waals surface area contributed by atoms with Crippen molar-refractivity contribution < 1.29 is 4.42 Å². The van der Waals surface area contributed by atoms with Gasteiger partial charge < -0.3 is 8.98 Å². The van der Waals surface area contributed by atoms with Crippen molar-refractivity contribution in [2.75, 3.05) is 0 Å². The van der Waals surface area contributed by atoms with E-state index in [9.17, 15) is 0 Å².